The first kappa shape index (κ1) is 24.6. The van der Waals surface area contributed by atoms with Crippen LogP contribution in [0.15, 0.2) is 42.5 Å². The number of aliphatic hydroxyl groups is 1. The molecule has 0 aliphatic carbocycles. The van der Waals surface area contributed by atoms with Crippen molar-refractivity contribution in [2.24, 2.45) is 0 Å². The second kappa shape index (κ2) is 10.3. The van der Waals surface area contributed by atoms with Crippen LogP contribution in [-0.4, -0.2) is 40.4 Å². The number of carboxylic acids is 1. The molecule has 4 N–H and O–H groups in total. The van der Waals surface area contributed by atoms with E-state index in [1.807, 2.05) is 70.2 Å². The number of urea groups is 1. The Morgan fingerprint density at radius 2 is 1.85 bits per heavy atom. The lowest BCUT2D eigenvalue weighted by Crippen LogP contribution is -2.46. The molecule has 0 unspecified atom stereocenters. The third kappa shape index (κ3) is 6.26. The zero-order valence-electron chi connectivity index (χ0n) is 19.9. The van der Waals surface area contributed by atoms with Crippen LogP contribution in [0.3, 0.4) is 0 Å². The van der Waals surface area contributed by atoms with Gasteiger partial charge in [0, 0.05) is 12.2 Å². The van der Waals surface area contributed by atoms with Crippen LogP contribution in [0, 0.1) is 6.92 Å². The molecule has 0 aromatic heterocycles. The highest BCUT2D eigenvalue weighted by molar-refractivity contribution is 6.02. The van der Waals surface area contributed by atoms with E-state index in [9.17, 15) is 19.8 Å². The van der Waals surface area contributed by atoms with Crippen LogP contribution < -0.4 is 15.5 Å². The molecule has 1 aliphatic heterocycles. The molecule has 2 amide bonds. The first-order valence-corrected chi connectivity index (χ1v) is 11.6. The SMILES string of the molecule is CC[C@H](CC(=O)O)c1ccc(N2CCC[C@H]2C(C)(C)O)c(NC(=O)Nc2ccc(C)cc2)c1. The van der Waals surface area contributed by atoms with Gasteiger partial charge in [-0.15, -0.1) is 0 Å². The Hall–Kier alpha value is -3.06. The van der Waals surface area contributed by atoms with Gasteiger partial charge in [0.05, 0.1) is 29.4 Å². The molecular weight excluding hydrogens is 418 g/mol. The van der Waals surface area contributed by atoms with Gasteiger partial charge in [-0.3, -0.25) is 4.79 Å². The second-order valence-electron chi connectivity index (χ2n) is 9.43. The van der Waals surface area contributed by atoms with Crippen LogP contribution in [0.4, 0.5) is 21.9 Å². The number of aliphatic carboxylic acids is 1. The van der Waals surface area contributed by atoms with Crippen molar-refractivity contribution < 1.29 is 19.8 Å². The van der Waals surface area contributed by atoms with E-state index in [4.69, 9.17) is 0 Å². The minimum absolute atomic E-state index is 0.0286. The second-order valence-corrected chi connectivity index (χ2v) is 9.43. The number of nitrogens with one attached hydrogen (secondary N) is 2. The van der Waals surface area contributed by atoms with Gasteiger partial charge in [-0.25, -0.2) is 4.79 Å². The summed E-state index contributed by atoms with van der Waals surface area (Å²) in [6, 6.07) is 12.8. The molecule has 2 aromatic carbocycles. The quantitative estimate of drug-likeness (QED) is 0.432. The minimum atomic E-state index is -0.897. The van der Waals surface area contributed by atoms with E-state index in [2.05, 4.69) is 15.5 Å². The number of carbonyl (C=O) groups excluding carboxylic acids is 1. The molecule has 1 saturated heterocycles. The van der Waals surface area contributed by atoms with Gasteiger partial charge < -0.3 is 25.7 Å². The number of hydrogen-bond donors (Lipinski definition) is 4. The Morgan fingerprint density at radius 3 is 2.45 bits per heavy atom. The average Bonchev–Trinajstić information content (AvgIpc) is 3.24. The van der Waals surface area contributed by atoms with Gasteiger partial charge in [-0.1, -0.05) is 30.7 Å². The van der Waals surface area contributed by atoms with Crippen LogP contribution in [-0.2, 0) is 4.79 Å². The first-order chi connectivity index (χ1) is 15.6. The monoisotopic (exact) mass is 453 g/mol. The maximum Gasteiger partial charge on any atom is 0.323 e. The van der Waals surface area contributed by atoms with Gasteiger partial charge >= 0.3 is 12.0 Å². The van der Waals surface area contributed by atoms with E-state index in [1.54, 1.807) is 0 Å². The first-order valence-electron chi connectivity index (χ1n) is 11.6. The molecule has 2 atom stereocenters. The van der Waals surface area contributed by atoms with Crippen molar-refractivity contribution in [1.29, 1.82) is 0 Å². The molecule has 2 aromatic rings. The summed E-state index contributed by atoms with van der Waals surface area (Å²) in [6.07, 6.45) is 2.51. The predicted octanol–water partition coefficient (Wildman–Crippen LogP) is 5.35. The molecule has 1 heterocycles. The van der Waals surface area contributed by atoms with Gasteiger partial charge in [0.25, 0.3) is 0 Å². The van der Waals surface area contributed by atoms with Gasteiger partial charge in [-0.2, -0.15) is 0 Å². The summed E-state index contributed by atoms with van der Waals surface area (Å²) in [4.78, 5) is 26.3. The molecule has 0 bridgehead atoms. The van der Waals surface area contributed by atoms with Gasteiger partial charge in [0.15, 0.2) is 0 Å². The maximum absolute atomic E-state index is 12.9. The lowest BCUT2D eigenvalue weighted by atomic mass is 9.92. The maximum atomic E-state index is 12.9. The van der Waals surface area contributed by atoms with Crippen molar-refractivity contribution in [3.63, 3.8) is 0 Å². The molecule has 0 saturated carbocycles. The standard InChI is InChI=1S/C26H35N3O4/c1-5-18(16-24(30)31)19-10-13-22(29-14-6-7-23(29)26(3,4)33)21(15-19)28-25(32)27-20-11-8-17(2)9-12-20/h8-13,15,18,23,33H,5-7,14,16H2,1-4H3,(H,30,31)(H2,27,28,32)/t18-,23+/m1/s1. The number of amides is 2. The fraction of sp³-hybridized carbons (Fsp3) is 0.462. The molecule has 33 heavy (non-hydrogen) atoms. The van der Waals surface area contributed by atoms with Crippen LogP contribution in [0.25, 0.3) is 0 Å². The van der Waals surface area contributed by atoms with E-state index in [0.29, 0.717) is 17.8 Å². The van der Waals surface area contributed by atoms with Crippen molar-refractivity contribution in [1.82, 2.24) is 0 Å². The smallest absolute Gasteiger partial charge is 0.323 e. The van der Waals surface area contributed by atoms with Gasteiger partial charge in [0.2, 0.25) is 0 Å². The zero-order valence-corrected chi connectivity index (χ0v) is 19.9. The summed E-state index contributed by atoms with van der Waals surface area (Å²) in [5.41, 5.74) is 3.19. The fourth-order valence-corrected chi connectivity index (χ4v) is 4.58. The Labute approximate surface area is 195 Å². The van der Waals surface area contributed by atoms with E-state index in [0.717, 1.165) is 36.2 Å². The van der Waals surface area contributed by atoms with Crippen molar-refractivity contribution >= 4 is 29.1 Å². The van der Waals surface area contributed by atoms with Crippen LogP contribution in [0.2, 0.25) is 0 Å². The van der Waals surface area contributed by atoms with Crippen LogP contribution in [0.1, 0.15) is 63.5 Å². The minimum Gasteiger partial charge on any atom is -0.481 e. The van der Waals surface area contributed by atoms with Crippen LogP contribution >= 0.6 is 0 Å². The number of nitrogens with zero attached hydrogens (tertiary/aromatic N) is 1. The number of anilines is 3. The summed E-state index contributed by atoms with van der Waals surface area (Å²) in [7, 11) is 0. The third-order valence-corrected chi connectivity index (χ3v) is 6.34. The summed E-state index contributed by atoms with van der Waals surface area (Å²) in [6.45, 7) is 8.33. The highest BCUT2D eigenvalue weighted by atomic mass is 16.4. The highest BCUT2D eigenvalue weighted by Gasteiger charge is 2.37. The lowest BCUT2D eigenvalue weighted by Gasteiger charge is -2.36. The van der Waals surface area contributed by atoms with Crippen LogP contribution in [0.5, 0.6) is 0 Å². The molecule has 7 nitrogen and oxygen atoms in total. The Morgan fingerprint density at radius 1 is 1.15 bits per heavy atom. The molecular formula is C26H35N3O4. The topological polar surface area (TPSA) is 102 Å². The summed E-state index contributed by atoms with van der Waals surface area (Å²) in [5, 5.41) is 25.9. The fourth-order valence-electron chi connectivity index (χ4n) is 4.58. The number of carboxylic acid groups (broad SMARTS) is 1. The molecule has 0 spiro atoms. The van der Waals surface area contributed by atoms with Crippen molar-refractivity contribution in [2.45, 2.75) is 70.9 Å². The normalized spacial score (nSPS) is 17.0. The van der Waals surface area contributed by atoms with Crippen molar-refractivity contribution in [3.8, 4) is 0 Å². The third-order valence-electron chi connectivity index (χ3n) is 6.34. The number of benzene rings is 2. The van der Waals surface area contributed by atoms with Crippen molar-refractivity contribution in [2.75, 3.05) is 22.1 Å². The lowest BCUT2D eigenvalue weighted by molar-refractivity contribution is -0.137. The summed E-state index contributed by atoms with van der Waals surface area (Å²) < 4.78 is 0. The number of rotatable bonds is 8. The number of aryl methyl sites for hydroxylation is 1. The molecule has 178 valence electrons. The van der Waals surface area contributed by atoms with Gasteiger partial charge in [0.1, 0.15) is 0 Å². The molecule has 0 radical (unpaired) electrons. The van der Waals surface area contributed by atoms with Crippen molar-refractivity contribution in [3.05, 3.63) is 53.6 Å². The zero-order chi connectivity index (χ0) is 24.2. The molecule has 7 heteroatoms. The number of hydrogen-bond acceptors (Lipinski definition) is 4. The predicted molar refractivity (Wildman–Crippen MR) is 132 cm³/mol. The Balaban J connectivity index is 1.94. The summed E-state index contributed by atoms with van der Waals surface area (Å²) in [5.74, 6) is -1.000. The Bertz CT molecular complexity index is 982. The van der Waals surface area contributed by atoms with E-state index in [1.165, 1.54) is 0 Å². The van der Waals surface area contributed by atoms with E-state index >= 15 is 0 Å². The molecule has 1 aliphatic rings. The van der Waals surface area contributed by atoms with E-state index < -0.39 is 11.6 Å². The molecule has 3 rings (SSSR count). The Kier molecular flexibility index (Phi) is 7.64. The number of carbonyl (C=O) groups is 2. The van der Waals surface area contributed by atoms with E-state index in [-0.39, 0.29) is 24.4 Å². The van der Waals surface area contributed by atoms with Gasteiger partial charge in [-0.05, 0) is 75.8 Å². The summed E-state index contributed by atoms with van der Waals surface area (Å²) >= 11 is 0. The largest absolute Gasteiger partial charge is 0.481 e. The molecule has 1 fully saturated rings. The average molecular weight is 454 g/mol. The highest BCUT2D eigenvalue weighted by Crippen LogP contribution is 2.38.